The Morgan fingerprint density at radius 1 is 1.02 bits per heavy atom. The lowest BCUT2D eigenvalue weighted by Gasteiger charge is -2.26. The summed E-state index contributed by atoms with van der Waals surface area (Å²) < 4.78 is 53.9. The van der Waals surface area contributed by atoms with Crippen molar-refractivity contribution in [2.75, 3.05) is 51.3 Å². The number of anilines is 1. The molecule has 3 aromatic rings. The van der Waals surface area contributed by atoms with Crippen molar-refractivity contribution in [2.45, 2.75) is 6.42 Å². The number of thiocarbonyl (C=S) groups is 1. The number of benzene rings is 3. The second kappa shape index (κ2) is 14.9. The molecule has 2 amide bonds. The lowest BCUT2D eigenvalue weighted by Crippen LogP contribution is -2.38. The maximum atomic E-state index is 14.6. The molecular formula is C32H28F3N3O6S2. The van der Waals surface area contributed by atoms with Crippen LogP contribution in [0.15, 0.2) is 59.5 Å². The monoisotopic (exact) mass is 671 g/mol. The number of carboxylic acids is 1. The number of rotatable bonds is 11. The molecule has 14 heteroatoms. The number of carbonyl (C=O) groups is 3. The molecule has 0 atom stereocenters. The summed E-state index contributed by atoms with van der Waals surface area (Å²) >= 11 is 6.44. The number of ether oxygens (including phenoxy) is 2. The molecule has 0 spiro atoms. The van der Waals surface area contributed by atoms with Gasteiger partial charge in [-0.3, -0.25) is 19.4 Å². The smallest absolute Gasteiger partial charge is 0.338 e. The molecule has 2 heterocycles. The first kappa shape index (κ1) is 33.1. The molecule has 2 aliphatic heterocycles. The average molecular weight is 672 g/mol. The minimum atomic E-state index is -1.43. The summed E-state index contributed by atoms with van der Waals surface area (Å²) in [5, 5.41) is 11.5. The summed E-state index contributed by atoms with van der Waals surface area (Å²) in [5.74, 6) is -4.41. The number of carbonyl (C=O) groups excluding carboxylic acids is 2. The lowest BCUT2D eigenvalue weighted by molar-refractivity contribution is -0.122. The highest BCUT2D eigenvalue weighted by Crippen LogP contribution is 2.36. The number of hydrogen-bond donors (Lipinski definition) is 2. The highest BCUT2D eigenvalue weighted by molar-refractivity contribution is 8.26. The normalized spacial score (nSPS) is 16.2. The standard InChI is InChI=1S/C32H28F3N3O6S2/c33-21-2-4-23(25(34)17-21)19-1-6-27(44-14-11-37-9-12-43-13-10-37)20(15-19)16-28-30(40)38(32(45)46-28)8-7-29(39)36-22-3-5-24(31(41)42)26(35)18-22/h1-6,15-18H,7-14H2,(H,36,39)(H,41,42)/b28-16-. The molecular weight excluding hydrogens is 643 g/mol. The molecule has 0 bridgehead atoms. The quantitative estimate of drug-likeness (QED) is 0.204. The predicted octanol–water partition coefficient (Wildman–Crippen LogP) is 5.41. The SMILES string of the molecule is O=C(CCN1C(=O)/C(=C/c2cc(-c3ccc(F)cc3F)ccc2OCCN2CCOCC2)SC1=S)Nc1ccc(C(=O)O)c(F)c1. The Labute approximate surface area is 272 Å². The van der Waals surface area contributed by atoms with Gasteiger partial charge in [-0.1, -0.05) is 30.0 Å². The van der Waals surface area contributed by atoms with Crippen LogP contribution < -0.4 is 10.1 Å². The van der Waals surface area contributed by atoms with E-state index < -0.39 is 40.8 Å². The molecule has 0 aliphatic carbocycles. The number of nitrogens with one attached hydrogen (secondary N) is 1. The summed E-state index contributed by atoms with van der Waals surface area (Å²) in [7, 11) is 0. The first-order valence-electron chi connectivity index (χ1n) is 14.2. The van der Waals surface area contributed by atoms with E-state index in [9.17, 15) is 27.6 Å². The number of hydrogen-bond acceptors (Lipinski definition) is 8. The van der Waals surface area contributed by atoms with Gasteiger partial charge in [0.2, 0.25) is 5.91 Å². The Balaban J connectivity index is 1.31. The summed E-state index contributed by atoms with van der Waals surface area (Å²) in [6.45, 7) is 3.80. The Morgan fingerprint density at radius 2 is 1.80 bits per heavy atom. The van der Waals surface area contributed by atoms with E-state index in [1.165, 1.54) is 17.0 Å². The topological polar surface area (TPSA) is 108 Å². The molecule has 2 saturated heterocycles. The number of aromatic carboxylic acids is 1. The minimum absolute atomic E-state index is 0.0622. The van der Waals surface area contributed by atoms with Crippen molar-refractivity contribution < 1.29 is 42.1 Å². The second-order valence-corrected chi connectivity index (χ2v) is 12.0. The Kier molecular flexibility index (Phi) is 10.7. The van der Waals surface area contributed by atoms with Gasteiger partial charge in [0, 0.05) is 55.5 Å². The van der Waals surface area contributed by atoms with Gasteiger partial charge in [-0.15, -0.1) is 0 Å². The van der Waals surface area contributed by atoms with Gasteiger partial charge < -0.3 is 19.9 Å². The molecule has 0 radical (unpaired) electrons. The van der Waals surface area contributed by atoms with Crippen LogP contribution in [-0.4, -0.2) is 83.0 Å². The van der Waals surface area contributed by atoms with Crippen LogP contribution in [0, 0.1) is 17.5 Å². The molecule has 46 heavy (non-hydrogen) atoms. The van der Waals surface area contributed by atoms with E-state index in [-0.39, 0.29) is 33.4 Å². The van der Waals surface area contributed by atoms with Gasteiger partial charge in [0.15, 0.2) is 0 Å². The van der Waals surface area contributed by atoms with E-state index in [4.69, 9.17) is 26.8 Å². The molecule has 2 N–H and O–H groups in total. The second-order valence-electron chi connectivity index (χ2n) is 10.3. The Morgan fingerprint density at radius 3 is 2.52 bits per heavy atom. The molecule has 9 nitrogen and oxygen atoms in total. The number of morpholine rings is 1. The number of thioether (sulfide) groups is 1. The van der Waals surface area contributed by atoms with E-state index >= 15 is 0 Å². The van der Waals surface area contributed by atoms with Crippen LogP contribution in [0.2, 0.25) is 0 Å². The number of carboxylic acid groups (broad SMARTS) is 1. The van der Waals surface area contributed by atoms with Crippen molar-refractivity contribution in [1.29, 1.82) is 0 Å². The van der Waals surface area contributed by atoms with Crippen molar-refractivity contribution in [1.82, 2.24) is 9.80 Å². The zero-order chi connectivity index (χ0) is 32.8. The van der Waals surface area contributed by atoms with Crippen molar-refractivity contribution in [3.63, 3.8) is 0 Å². The third-order valence-corrected chi connectivity index (χ3v) is 8.60. The van der Waals surface area contributed by atoms with Gasteiger partial charge in [-0.25, -0.2) is 18.0 Å². The first-order chi connectivity index (χ1) is 22.1. The highest BCUT2D eigenvalue weighted by atomic mass is 32.2. The van der Waals surface area contributed by atoms with Gasteiger partial charge in [0.25, 0.3) is 5.91 Å². The van der Waals surface area contributed by atoms with Crippen LogP contribution in [0.3, 0.4) is 0 Å². The number of halogens is 3. The summed E-state index contributed by atoms with van der Waals surface area (Å²) in [4.78, 5) is 40.6. The maximum absolute atomic E-state index is 14.6. The zero-order valence-electron chi connectivity index (χ0n) is 24.3. The zero-order valence-corrected chi connectivity index (χ0v) is 25.9. The van der Waals surface area contributed by atoms with Crippen LogP contribution in [0.1, 0.15) is 22.3 Å². The Hall–Kier alpha value is -4.24. The molecule has 240 valence electrons. The molecule has 0 aromatic heterocycles. The summed E-state index contributed by atoms with van der Waals surface area (Å²) in [6, 6.07) is 11.5. The predicted molar refractivity (Wildman–Crippen MR) is 171 cm³/mol. The fourth-order valence-corrected chi connectivity index (χ4v) is 6.13. The largest absolute Gasteiger partial charge is 0.492 e. The van der Waals surface area contributed by atoms with Crippen LogP contribution in [-0.2, 0) is 14.3 Å². The van der Waals surface area contributed by atoms with Gasteiger partial charge >= 0.3 is 5.97 Å². The summed E-state index contributed by atoms with van der Waals surface area (Å²) in [6.07, 6.45) is 1.42. The van der Waals surface area contributed by atoms with E-state index in [2.05, 4.69) is 10.2 Å². The molecule has 0 saturated carbocycles. The van der Waals surface area contributed by atoms with E-state index in [0.29, 0.717) is 43.2 Å². The number of amides is 2. The van der Waals surface area contributed by atoms with Crippen LogP contribution in [0.5, 0.6) is 5.75 Å². The first-order valence-corrected chi connectivity index (χ1v) is 15.4. The fraction of sp³-hybridized carbons (Fsp3) is 0.250. The molecule has 2 aliphatic rings. The van der Waals surface area contributed by atoms with Crippen LogP contribution >= 0.6 is 24.0 Å². The third kappa shape index (κ3) is 8.12. The van der Waals surface area contributed by atoms with Gasteiger partial charge in [-0.05, 0) is 54.1 Å². The Bertz CT molecular complexity index is 1710. The lowest BCUT2D eigenvalue weighted by atomic mass is 10.0. The van der Waals surface area contributed by atoms with E-state index in [0.717, 1.165) is 49.1 Å². The third-order valence-electron chi connectivity index (χ3n) is 7.23. The average Bonchev–Trinajstić information content (AvgIpc) is 3.28. The van der Waals surface area contributed by atoms with Crippen molar-refractivity contribution >= 4 is 57.8 Å². The maximum Gasteiger partial charge on any atom is 0.338 e. The van der Waals surface area contributed by atoms with Crippen LogP contribution in [0.25, 0.3) is 17.2 Å². The molecule has 2 fully saturated rings. The minimum Gasteiger partial charge on any atom is -0.492 e. The van der Waals surface area contributed by atoms with Gasteiger partial charge in [0.1, 0.15) is 34.1 Å². The number of nitrogens with zero attached hydrogens (tertiary/aromatic N) is 2. The molecule has 5 rings (SSSR count). The van der Waals surface area contributed by atoms with Gasteiger partial charge in [0.05, 0.1) is 23.7 Å². The van der Waals surface area contributed by atoms with Crippen molar-refractivity contribution in [3.8, 4) is 16.9 Å². The molecule has 3 aromatic carbocycles. The highest BCUT2D eigenvalue weighted by Gasteiger charge is 2.32. The van der Waals surface area contributed by atoms with Gasteiger partial charge in [-0.2, -0.15) is 0 Å². The van der Waals surface area contributed by atoms with E-state index in [1.54, 1.807) is 24.3 Å². The van der Waals surface area contributed by atoms with E-state index in [1.807, 2.05) is 0 Å². The summed E-state index contributed by atoms with van der Waals surface area (Å²) in [5.41, 5.74) is 0.641. The van der Waals surface area contributed by atoms with Crippen LogP contribution in [0.4, 0.5) is 18.9 Å². The fourth-order valence-electron chi connectivity index (χ4n) is 4.83. The van der Waals surface area contributed by atoms with Crippen molar-refractivity contribution in [3.05, 3.63) is 88.1 Å². The van der Waals surface area contributed by atoms with Crippen molar-refractivity contribution in [2.24, 2.45) is 0 Å². The molecule has 0 unspecified atom stereocenters.